The highest BCUT2D eigenvalue weighted by molar-refractivity contribution is 5.82. The molecule has 1 aromatic carbocycles. The third-order valence-corrected chi connectivity index (χ3v) is 3.16. The SMILES string of the molecule is C=CCN(C)C(=O)[C@@H]1Cc2ccccc2CN1. The summed E-state index contributed by atoms with van der Waals surface area (Å²) in [5, 5.41) is 3.29. The molecule has 0 fully saturated rings. The summed E-state index contributed by atoms with van der Waals surface area (Å²) in [5.41, 5.74) is 2.57. The zero-order valence-electron chi connectivity index (χ0n) is 10.1. The monoisotopic (exact) mass is 230 g/mol. The van der Waals surface area contributed by atoms with Crippen LogP contribution < -0.4 is 5.32 Å². The molecule has 3 heteroatoms. The van der Waals surface area contributed by atoms with Gasteiger partial charge in [-0.3, -0.25) is 4.79 Å². The fourth-order valence-electron chi connectivity index (χ4n) is 2.18. The Morgan fingerprint density at radius 2 is 2.24 bits per heavy atom. The maximum Gasteiger partial charge on any atom is 0.240 e. The molecule has 1 atom stereocenters. The summed E-state index contributed by atoms with van der Waals surface area (Å²) < 4.78 is 0. The van der Waals surface area contributed by atoms with Gasteiger partial charge in [0, 0.05) is 20.1 Å². The summed E-state index contributed by atoms with van der Waals surface area (Å²) >= 11 is 0. The van der Waals surface area contributed by atoms with Crippen LogP contribution in [-0.2, 0) is 17.8 Å². The first-order valence-corrected chi connectivity index (χ1v) is 5.88. The molecular weight excluding hydrogens is 212 g/mol. The fourth-order valence-corrected chi connectivity index (χ4v) is 2.18. The molecule has 0 spiro atoms. The highest BCUT2D eigenvalue weighted by atomic mass is 16.2. The number of hydrogen-bond acceptors (Lipinski definition) is 2. The van der Waals surface area contributed by atoms with E-state index in [4.69, 9.17) is 0 Å². The van der Waals surface area contributed by atoms with E-state index in [1.165, 1.54) is 11.1 Å². The average Bonchev–Trinajstić information content (AvgIpc) is 2.37. The minimum atomic E-state index is -0.102. The second-order valence-corrected chi connectivity index (χ2v) is 4.41. The Balaban J connectivity index is 2.07. The summed E-state index contributed by atoms with van der Waals surface area (Å²) in [6.07, 6.45) is 2.52. The molecule has 0 radical (unpaired) electrons. The molecule has 0 unspecified atom stereocenters. The number of fused-ring (bicyclic) bond motifs is 1. The third kappa shape index (κ3) is 2.56. The maximum atomic E-state index is 12.1. The van der Waals surface area contributed by atoms with E-state index in [2.05, 4.69) is 24.0 Å². The molecule has 1 amide bonds. The highest BCUT2D eigenvalue weighted by Crippen LogP contribution is 2.17. The summed E-state index contributed by atoms with van der Waals surface area (Å²) in [5.74, 6) is 0.138. The number of likely N-dealkylation sites (N-methyl/N-ethyl adjacent to an activating group) is 1. The molecule has 2 rings (SSSR count). The third-order valence-electron chi connectivity index (χ3n) is 3.16. The van der Waals surface area contributed by atoms with Crippen molar-refractivity contribution in [3.8, 4) is 0 Å². The molecule has 0 bridgehead atoms. The summed E-state index contributed by atoms with van der Waals surface area (Å²) in [6.45, 7) is 5.02. The van der Waals surface area contributed by atoms with Gasteiger partial charge in [0.05, 0.1) is 6.04 Å². The van der Waals surface area contributed by atoms with Crippen LogP contribution in [0.15, 0.2) is 36.9 Å². The first-order chi connectivity index (χ1) is 8.22. The number of benzene rings is 1. The van der Waals surface area contributed by atoms with Gasteiger partial charge in [-0.05, 0) is 17.5 Å². The summed E-state index contributed by atoms with van der Waals surface area (Å²) in [6, 6.07) is 8.17. The van der Waals surface area contributed by atoms with Crippen molar-refractivity contribution in [1.82, 2.24) is 10.2 Å². The van der Waals surface area contributed by atoms with Crippen molar-refractivity contribution < 1.29 is 4.79 Å². The number of nitrogens with zero attached hydrogens (tertiary/aromatic N) is 1. The van der Waals surface area contributed by atoms with Crippen molar-refractivity contribution in [2.24, 2.45) is 0 Å². The van der Waals surface area contributed by atoms with Crippen LogP contribution in [0.25, 0.3) is 0 Å². The largest absolute Gasteiger partial charge is 0.341 e. The molecule has 1 aliphatic rings. The normalized spacial score (nSPS) is 18.3. The van der Waals surface area contributed by atoms with Crippen molar-refractivity contribution in [3.05, 3.63) is 48.0 Å². The molecule has 0 saturated carbocycles. The maximum absolute atomic E-state index is 12.1. The second-order valence-electron chi connectivity index (χ2n) is 4.41. The highest BCUT2D eigenvalue weighted by Gasteiger charge is 2.25. The van der Waals surface area contributed by atoms with Crippen molar-refractivity contribution in [2.45, 2.75) is 19.0 Å². The first kappa shape index (κ1) is 11.9. The van der Waals surface area contributed by atoms with Gasteiger partial charge in [-0.15, -0.1) is 6.58 Å². The van der Waals surface area contributed by atoms with Crippen LogP contribution in [0, 0.1) is 0 Å². The van der Waals surface area contributed by atoms with E-state index in [0.29, 0.717) is 6.54 Å². The predicted octanol–water partition coefficient (Wildman–Crippen LogP) is 1.35. The van der Waals surface area contributed by atoms with Crippen LogP contribution in [0.5, 0.6) is 0 Å². The number of rotatable bonds is 3. The van der Waals surface area contributed by atoms with Gasteiger partial charge in [0.15, 0.2) is 0 Å². The first-order valence-electron chi connectivity index (χ1n) is 5.88. The van der Waals surface area contributed by atoms with Crippen molar-refractivity contribution in [1.29, 1.82) is 0 Å². The Morgan fingerprint density at radius 3 is 2.94 bits per heavy atom. The van der Waals surface area contributed by atoms with E-state index in [9.17, 15) is 4.79 Å². The zero-order chi connectivity index (χ0) is 12.3. The predicted molar refractivity (Wildman–Crippen MR) is 68.6 cm³/mol. The number of nitrogens with one attached hydrogen (secondary N) is 1. The van der Waals surface area contributed by atoms with Crippen molar-refractivity contribution >= 4 is 5.91 Å². The topological polar surface area (TPSA) is 32.3 Å². The van der Waals surface area contributed by atoms with E-state index >= 15 is 0 Å². The molecule has 1 aliphatic heterocycles. The van der Waals surface area contributed by atoms with Gasteiger partial charge in [0.25, 0.3) is 0 Å². The van der Waals surface area contributed by atoms with Gasteiger partial charge in [-0.1, -0.05) is 30.3 Å². The van der Waals surface area contributed by atoms with Gasteiger partial charge in [0.1, 0.15) is 0 Å². The lowest BCUT2D eigenvalue weighted by Gasteiger charge is -2.28. The van der Waals surface area contributed by atoms with Gasteiger partial charge < -0.3 is 10.2 Å². The van der Waals surface area contributed by atoms with Gasteiger partial charge in [0.2, 0.25) is 5.91 Å². The molecule has 0 saturated heterocycles. The van der Waals surface area contributed by atoms with Crippen LogP contribution >= 0.6 is 0 Å². The Morgan fingerprint density at radius 1 is 1.53 bits per heavy atom. The molecule has 90 valence electrons. The lowest BCUT2D eigenvalue weighted by Crippen LogP contribution is -2.48. The molecule has 0 aromatic heterocycles. The average molecular weight is 230 g/mol. The Hall–Kier alpha value is -1.61. The minimum absolute atomic E-state index is 0.102. The zero-order valence-corrected chi connectivity index (χ0v) is 10.1. The second kappa shape index (κ2) is 5.15. The van der Waals surface area contributed by atoms with Crippen molar-refractivity contribution in [2.75, 3.05) is 13.6 Å². The molecular formula is C14H18N2O. The Bertz CT molecular complexity index is 428. The van der Waals surface area contributed by atoms with Crippen molar-refractivity contribution in [3.63, 3.8) is 0 Å². The van der Waals surface area contributed by atoms with E-state index in [0.717, 1.165) is 13.0 Å². The molecule has 1 aromatic rings. The Kier molecular flexibility index (Phi) is 3.59. The van der Waals surface area contributed by atoms with E-state index < -0.39 is 0 Å². The number of carbonyl (C=O) groups is 1. The van der Waals surface area contributed by atoms with Gasteiger partial charge in [-0.2, -0.15) is 0 Å². The Labute approximate surface area is 102 Å². The van der Waals surface area contributed by atoms with Crippen LogP contribution in [-0.4, -0.2) is 30.4 Å². The standard InChI is InChI=1S/C14H18N2O/c1-3-8-16(2)14(17)13-9-11-6-4-5-7-12(11)10-15-13/h3-7,13,15H,1,8-10H2,2H3/t13-/m0/s1. The van der Waals surface area contributed by atoms with Crippen LogP contribution in [0.3, 0.4) is 0 Å². The van der Waals surface area contributed by atoms with Gasteiger partial charge >= 0.3 is 0 Å². The molecule has 1 heterocycles. The van der Waals surface area contributed by atoms with E-state index in [-0.39, 0.29) is 11.9 Å². The number of hydrogen-bond donors (Lipinski definition) is 1. The van der Waals surface area contributed by atoms with E-state index in [1.54, 1.807) is 11.0 Å². The lowest BCUT2D eigenvalue weighted by molar-refractivity contribution is -0.131. The fraction of sp³-hybridized carbons (Fsp3) is 0.357. The number of amides is 1. The molecule has 0 aliphatic carbocycles. The summed E-state index contributed by atoms with van der Waals surface area (Å²) in [4.78, 5) is 13.8. The van der Waals surface area contributed by atoms with Crippen LogP contribution in [0.2, 0.25) is 0 Å². The summed E-state index contributed by atoms with van der Waals surface area (Å²) in [7, 11) is 1.81. The van der Waals surface area contributed by atoms with Gasteiger partial charge in [-0.25, -0.2) is 0 Å². The number of carbonyl (C=O) groups excluding carboxylic acids is 1. The van der Waals surface area contributed by atoms with E-state index in [1.807, 2.05) is 19.2 Å². The smallest absolute Gasteiger partial charge is 0.240 e. The molecule has 1 N–H and O–H groups in total. The minimum Gasteiger partial charge on any atom is -0.341 e. The lowest BCUT2D eigenvalue weighted by atomic mass is 9.95. The van der Waals surface area contributed by atoms with Crippen LogP contribution in [0.1, 0.15) is 11.1 Å². The molecule has 3 nitrogen and oxygen atoms in total. The molecule has 17 heavy (non-hydrogen) atoms. The van der Waals surface area contributed by atoms with Crippen LogP contribution in [0.4, 0.5) is 0 Å². The quantitative estimate of drug-likeness (QED) is 0.795.